The molecule has 322 valence electrons. The molecular formula is C46H74NO9P. The number of carboxylic acid groups (broad SMARTS) is 1. The molecule has 0 spiro atoms. The van der Waals surface area contributed by atoms with E-state index in [9.17, 15) is 19.0 Å². The van der Waals surface area contributed by atoms with Gasteiger partial charge in [-0.05, 0) is 96.3 Å². The molecule has 11 heteroatoms. The Bertz CT molecular complexity index is 1310. The summed E-state index contributed by atoms with van der Waals surface area (Å²) >= 11 is 0. The van der Waals surface area contributed by atoms with Crippen LogP contribution < -0.4 is 5.73 Å². The highest BCUT2D eigenvalue weighted by molar-refractivity contribution is 7.47. The van der Waals surface area contributed by atoms with Crippen LogP contribution in [-0.2, 0) is 32.7 Å². The number of rotatable bonds is 38. The van der Waals surface area contributed by atoms with Crippen molar-refractivity contribution in [2.45, 2.75) is 142 Å². The summed E-state index contributed by atoms with van der Waals surface area (Å²) in [6, 6.07) is -1.49. The Morgan fingerprint density at radius 2 is 0.965 bits per heavy atom. The highest BCUT2D eigenvalue weighted by atomic mass is 31.2. The van der Waals surface area contributed by atoms with Crippen LogP contribution in [0, 0.1) is 0 Å². The van der Waals surface area contributed by atoms with Crippen molar-refractivity contribution in [2.24, 2.45) is 5.73 Å². The Morgan fingerprint density at radius 1 is 0.561 bits per heavy atom. The summed E-state index contributed by atoms with van der Waals surface area (Å²) in [5, 5.41) is 8.89. The van der Waals surface area contributed by atoms with Crippen LogP contribution in [0.25, 0.3) is 0 Å². The normalized spacial score (nSPS) is 15.0. The third kappa shape index (κ3) is 40.6. The lowest BCUT2D eigenvalue weighted by atomic mass is 10.1. The van der Waals surface area contributed by atoms with Gasteiger partial charge in [-0.3, -0.25) is 18.6 Å². The molecule has 4 N–H and O–H groups in total. The third-order valence-electron chi connectivity index (χ3n) is 8.05. The second-order valence-corrected chi connectivity index (χ2v) is 14.8. The predicted octanol–water partition coefficient (Wildman–Crippen LogP) is 11.5. The zero-order valence-electron chi connectivity index (χ0n) is 34.9. The minimum Gasteiger partial charge on any atom is -0.480 e. The lowest BCUT2D eigenvalue weighted by molar-refractivity contribution is -0.154. The number of allylic oxidation sites excluding steroid dienone is 18. The standard InChI is InChI=1S/C46H74NO9P/c1-3-5-7-9-11-13-15-17-19-21-23-25-27-29-31-33-35-37-39-53-40-43(41-54-57(51,52)55-42-44(47)46(49)50)56-45(48)38-36-34-32-30-28-26-24-22-20-18-16-14-12-10-8-6-4-2/h5-8,11-14,17-20,23-26,29,31,43-44H,3-4,9-10,15-16,21-22,27-28,30,32-42,47H2,1-2H3,(H,49,50)(H,51,52)/b7-5-,8-6-,13-11-,14-12-,19-17-,20-18-,25-23-,26-24-,31-29-. The molecule has 0 aromatic carbocycles. The number of phosphoric ester groups is 1. The van der Waals surface area contributed by atoms with Crippen molar-refractivity contribution in [3.8, 4) is 0 Å². The molecule has 0 amide bonds. The maximum Gasteiger partial charge on any atom is 0.472 e. The highest BCUT2D eigenvalue weighted by Gasteiger charge is 2.27. The van der Waals surface area contributed by atoms with Crippen molar-refractivity contribution in [3.63, 3.8) is 0 Å². The van der Waals surface area contributed by atoms with E-state index in [2.05, 4.69) is 123 Å². The zero-order valence-corrected chi connectivity index (χ0v) is 35.8. The van der Waals surface area contributed by atoms with Crippen molar-refractivity contribution in [1.82, 2.24) is 0 Å². The van der Waals surface area contributed by atoms with Crippen molar-refractivity contribution in [2.75, 3.05) is 26.4 Å². The van der Waals surface area contributed by atoms with Gasteiger partial charge in [0, 0.05) is 13.0 Å². The van der Waals surface area contributed by atoms with Gasteiger partial charge < -0.3 is 25.2 Å². The largest absolute Gasteiger partial charge is 0.480 e. The molecule has 10 nitrogen and oxygen atoms in total. The van der Waals surface area contributed by atoms with Crippen LogP contribution in [0.4, 0.5) is 0 Å². The van der Waals surface area contributed by atoms with Gasteiger partial charge >= 0.3 is 19.8 Å². The first-order valence-electron chi connectivity index (χ1n) is 20.9. The second kappa shape index (κ2) is 40.8. The van der Waals surface area contributed by atoms with Crippen molar-refractivity contribution >= 4 is 19.8 Å². The van der Waals surface area contributed by atoms with E-state index in [4.69, 9.17) is 29.4 Å². The first kappa shape index (κ1) is 53.6. The molecule has 0 heterocycles. The van der Waals surface area contributed by atoms with Crippen LogP contribution in [0.3, 0.4) is 0 Å². The van der Waals surface area contributed by atoms with E-state index < -0.39 is 45.1 Å². The van der Waals surface area contributed by atoms with Gasteiger partial charge in [-0.1, -0.05) is 136 Å². The fourth-order valence-corrected chi connectivity index (χ4v) is 5.63. The first-order chi connectivity index (χ1) is 27.7. The molecule has 0 aliphatic carbocycles. The van der Waals surface area contributed by atoms with Crippen molar-refractivity contribution < 1.29 is 42.7 Å². The summed E-state index contributed by atoms with van der Waals surface area (Å²) in [4.78, 5) is 33.5. The lowest BCUT2D eigenvalue weighted by Crippen LogP contribution is -2.34. The topological polar surface area (TPSA) is 155 Å². The number of ether oxygens (including phenoxy) is 2. The van der Waals surface area contributed by atoms with Crippen LogP contribution >= 0.6 is 7.82 Å². The molecule has 0 aromatic rings. The Balaban J connectivity index is 4.43. The highest BCUT2D eigenvalue weighted by Crippen LogP contribution is 2.43. The molecule has 0 radical (unpaired) electrons. The summed E-state index contributed by atoms with van der Waals surface area (Å²) in [5.41, 5.74) is 5.35. The molecule has 3 unspecified atom stereocenters. The molecule has 0 bridgehead atoms. The number of hydrogen-bond acceptors (Lipinski definition) is 8. The molecule has 0 aromatic heterocycles. The van der Waals surface area contributed by atoms with E-state index in [1.165, 1.54) is 0 Å². The van der Waals surface area contributed by atoms with Gasteiger partial charge in [-0.2, -0.15) is 0 Å². The molecule has 0 saturated carbocycles. The van der Waals surface area contributed by atoms with E-state index in [-0.39, 0.29) is 13.0 Å². The number of hydrogen-bond donors (Lipinski definition) is 3. The molecule has 0 aliphatic heterocycles. The smallest absolute Gasteiger partial charge is 0.472 e. The number of carbonyl (C=O) groups excluding carboxylic acids is 1. The number of unbranched alkanes of at least 4 members (excludes halogenated alkanes) is 6. The number of esters is 1. The van der Waals surface area contributed by atoms with Gasteiger partial charge in [0.25, 0.3) is 0 Å². The van der Waals surface area contributed by atoms with E-state index in [1.54, 1.807) is 0 Å². The molecule has 0 fully saturated rings. The number of nitrogens with two attached hydrogens (primary N) is 1. The fraction of sp³-hybridized carbons (Fsp3) is 0.565. The predicted molar refractivity (Wildman–Crippen MR) is 235 cm³/mol. The quantitative estimate of drug-likeness (QED) is 0.0237. The number of aliphatic carboxylic acids is 1. The number of phosphoric acid groups is 1. The number of carboxylic acids is 1. The minimum absolute atomic E-state index is 0.0308. The second-order valence-electron chi connectivity index (χ2n) is 13.3. The number of carbonyl (C=O) groups is 2. The summed E-state index contributed by atoms with van der Waals surface area (Å²) in [6.45, 7) is 3.47. The Kier molecular flexibility index (Phi) is 38.4. The molecule has 57 heavy (non-hydrogen) atoms. The van der Waals surface area contributed by atoms with Gasteiger partial charge in [-0.15, -0.1) is 0 Å². The molecule has 0 saturated heterocycles. The Labute approximate surface area is 344 Å². The summed E-state index contributed by atoms with van der Waals surface area (Å²) in [5.74, 6) is -1.84. The van der Waals surface area contributed by atoms with Crippen LogP contribution in [0.1, 0.15) is 129 Å². The molecule has 3 atom stereocenters. The molecular weight excluding hydrogens is 741 g/mol. The van der Waals surface area contributed by atoms with Crippen LogP contribution in [0.5, 0.6) is 0 Å². The lowest BCUT2D eigenvalue weighted by Gasteiger charge is -2.20. The summed E-state index contributed by atoms with van der Waals surface area (Å²) in [7, 11) is -4.64. The third-order valence-corrected chi connectivity index (χ3v) is 9.00. The van der Waals surface area contributed by atoms with E-state index in [0.717, 1.165) is 103 Å². The van der Waals surface area contributed by atoms with Crippen molar-refractivity contribution in [1.29, 1.82) is 0 Å². The average molecular weight is 816 g/mol. The fourth-order valence-electron chi connectivity index (χ4n) is 4.85. The summed E-state index contributed by atoms with van der Waals surface area (Å²) < 4.78 is 33.2. The monoisotopic (exact) mass is 816 g/mol. The van der Waals surface area contributed by atoms with Gasteiger partial charge in [-0.25, -0.2) is 4.57 Å². The Morgan fingerprint density at radius 3 is 1.42 bits per heavy atom. The van der Waals surface area contributed by atoms with E-state index in [0.29, 0.717) is 13.0 Å². The van der Waals surface area contributed by atoms with Crippen LogP contribution in [0.2, 0.25) is 0 Å². The van der Waals surface area contributed by atoms with Crippen LogP contribution in [-0.4, -0.2) is 60.5 Å². The average Bonchev–Trinajstić information content (AvgIpc) is 3.19. The summed E-state index contributed by atoms with van der Waals surface area (Å²) in [6.07, 6.45) is 54.3. The molecule has 0 aliphatic rings. The van der Waals surface area contributed by atoms with E-state index in [1.807, 2.05) is 0 Å². The van der Waals surface area contributed by atoms with Crippen molar-refractivity contribution in [3.05, 3.63) is 109 Å². The Hall–Kier alpha value is -3.37. The SMILES string of the molecule is CC/C=C\C/C=C\C/C=C\C/C=C\C/C=C\CCCCOCC(COP(=O)(O)OCC(N)C(=O)O)OC(=O)CCCCCC/C=C\C/C=C\C/C=C\C/C=C\CC. The maximum atomic E-state index is 12.6. The maximum absolute atomic E-state index is 12.6. The van der Waals surface area contributed by atoms with Crippen LogP contribution in [0.15, 0.2) is 109 Å². The van der Waals surface area contributed by atoms with Gasteiger partial charge in [0.05, 0.1) is 19.8 Å². The minimum atomic E-state index is -4.64. The zero-order chi connectivity index (χ0) is 41.9. The van der Waals surface area contributed by atoms with Gasteiger partial charge in [0.2, 0.25) is 0 Å². The van der Waals surface area contributed by atoms with E-state index >= 15 is 0 Å². The molecule has 0 rings (SSSR count). The first-order valence-corrected chi connectivity index (χ1v) is 22.4. The van der Waals surface area contributed by atoms with Gasteiger partial charge in [0.1, 0.15) is 12.1 Å². The van der Waals surface area contributed by atoms with Gasteiger partial charge in [0.15, 0.2) is 0 Å².